The number of halogens is 1. The number of fused-ring (bicyclic) bond motifs is 1. The van der Waals surface area contributed by atoms with Crippen molar-refractivity contribution in [3.05, 3.63) is 46.7 Å². The van der Waals surface area contributed by atoms with E-state index in [4.69, 9.17) is 26.2 Å². The molecule has 1 aliphatic carbocycles. The number of nitrogens with zero attached hydrogens (tertiary/aromatic N) is 2. The maximum atomic E-state index is 11.0. The van der Waals surface area contributed by atoms with Gasteiger partial charge in [0.25, 0.3) is 0 Å². The van der Waals surface area contributed by atoms with Crippen molar-refractivity contribution in [2.45, 2.75) is 38.0 Å². The summed E-state index contributed by atoms with van der Waals surface area (Å²) in [5, 5.41) is 19.2. The van der Waals surface area contributed by atoms with E-state index in [9.17, 15) is 13.5 Å². The minimum Gasteiger partial charge on any atom is -0.475 e. The van der Waals surface area contributed by atoms with Crippen LogP contribution in [0, 0.1) is 5.92 Å². The average molecular weight is 487 g/mol. The number of nitrogens with two attached hydrogens (primary N) is 1. The molecule has 0 bridgehead atoms. The van der Waals surface area contributed by atoms with Crippen molar-refractivity contribution in [1.82, 2.24) is 9.97 Å². The van der Waals surface area contributed by atoms with Gasteiger partial charge in [-0.3, -0.25) is 4.18 Å². The lowest BCUT2D eigenvalue weighted by molar-refractivity contribution is 0.0339. The van der Waals surface area contributed by atoms with Crippen molar-refractivity contribution < 1.29 is 27.2 Å². The Morgan fingerprint density at radius 2 is 2.09 bits per heavy atom. The van der Waals surface area contributed by atoms with Crippen LogP contribution in [-0.4, -0.2) is 56.0 Å². The van der Waals surface area contributed by atoms with E-state index in [-0.39, 0.29) is 31.2 Å². The summed E-state index contributed by atoms with van der Waals surface area (Å²) in [5.41, 5.74) is 2.20. The molecule has 2 aromatic rings. The van der Waals surface area contributed by atoms with Crippen molar-refractivity contribution in [1.29, 1.82) is 0 Å². The molecule has 0 fully saturated rings. The van der Waals surface area contributed by atoms with Crippen molar-refractivity contribution in [2.24, 2.45) is 11.1 Å². The number of hydrogen-bond acceptors (Lipinski definition) is 9. The number of aliphatic hydroxyl groups is 1. The van der Waals surface area contributed by atoms with Crippen molar-refractivity contribution in [2.75, 3.05) is 25.6 Å². The van der Waals surface area contributed by atoms with E-state index in [0.29, 0.717) is 17.3 Å². The molecule has 32 heavy (non-hydrogen) atoms. The molecule has 1 heterocycles. The molecule has 0 unspecified atom stereocenters. The zero-order valence-corrected chi connectivity index (χ0v) is 19.3. The van der Waals surface area contributed by atoms with E-state index in [1.807, 2.05) is 18.2 Å². The molecule has 4 N–H and O–H groups in total. The fourth-order valence-electron chi connectivity index (χ4n) is 3.63. The standard InChI is InChI=1S/C20H27ClN4O6S/c1-3-12(9-31-32(22,27)28)16(26)10-30-19-8-18(23-11-24-19)25-20-15-5-4-14(21)6-13(15)7-17(20)29-2/h4-6,8,11-12,16-17,20,26H,3,7,9-10H2,1-2H3,(H2,22,27,28)(H,23,24,25)/t12-,16-,17-,20+/m0/s1. The topological polar surface area (TPSA) is 146 Å². The fourth-order valence-corrected chi connectivity index (χ4v) is 4.19. The minimum absolute atomic E-state index is 0.0891. The first kappa shape index (κ1) is 24.6. The molecule has 1 aromatic heterocycles. The van der Waals surface area contributed by atoms with Gasteiger partial charge in [0, 0.05) is 30.5 Å². The molecule has 1 aliphatic rings. The second-order valence-corrected chi connectivity index (χ2v) is 9.17. The maximum Gasteiger partial charge on any atom is 0.333 e. The summed E-state index contributed by atoms with van der Waals surface area (Å²) in [7, 11) is -2.42. The Labute approximate surface area is 192 Å². The normalized spacial score (nSPS) is 19.9. The number of nitrogens with one attached hydrogen (secondary N) is 1. The molecular formula is C20H27ClN4O6S. The van der Waals surface area contributed by atoms with Crippen LogP contribution in [0.15, 0.2) is 30.6 Å². The minimum atomic E-state index is -4.08. The fraction of sp³-hybridized carbons (Fsp3) is 0.500. The lowest BCUT2D eigenvalue weighted by Gasteiger charge is -2.22. The van der Waals surface area contributed by atoms with Crippen LogP contribution in [0.5, 0.6) is 5.88 Å². The van der Waals surface area contributed by atoms with Gasteiger partial charge >= 0.3 is 10.3 Å². The Hall–Kier alpha value is -2.02. The van der Waals surface area contributed by atoms with Gasteiger partial charge in [-0.15, -0.1) is 0 Å². The Balaban J connectivity index is 1.63. The SMILES string of the molecule is CC[C@@H](COS(N)(=O)=O)[C@@H](O)COc1cc(N[C@@H]2c3ccc(Cl)cc3C[C@@H]2OC)ncn1. The van der Waals surface area contributed by atoms with Gasteiger partial charge in [0.15, 0.2) is 0 Å². The van der Waals surface area contributed by atoms with E-state index < -0.39 is 22.3 Å². The monoisotopic (exact) mass is 486 g/mol. The molecule has 0 saturated heterocycles. The highest BCUT2D eigenvalue weighted by Crippen LogP contribution is 2.37. The number of methoxy groups -OCH3 is 1. The number of benzene rings is 1. The summed E-state index contributed by atoms with van der Waals surface area (Å²) in [6.45, 7) is 1.46. The number of rotatable bonds is 11. The molecule has 0 radical (unpaired) electrons. The van der Waals surface area contributed by atoms with Gasteiger partial charge in [0.2, 0.25) is 5.88 Å². The zero-order valence-electron chi connectivity index (χ0n) is 17.8. The van der Waals surface area contributed by atoms with Gasteiger partial charge in [0.1, 0.15) is 18.8 Å². The lowest BCUT2D eigenvalue weighted by Crippen LogP contribution is -2.32. The molecule has 0 amide bonds. The van der Waals surface area contributed by atoms with Crippen molar-refractivity contribution in [3.8, 4) is 5.88 Å². The maximum absolute atomic E-state index is 11.0. The van der Waals surface area contributed by atoms with Crippen LogP contribution >= 0.6 is 11.6 Å². The van der Waals surface area contributed by atoms with E-state index in [1.165, 1.54) is 6.33 Å². The highest BCUT2D eigenvalue weighted by molar-refractivity contribution is 7.84. The second kappa shape index (κ2) is 10.7. The number of aromatic nitrogens is 2. The largest absolute Gasteiger partial charge is 0.475 e. The molecule has 176 valence electrons. The van der Waals surface area contributed by atoms with Crippen LogP contribution in [0.25, 0.3) is 0 Å². The predicted octanol–water partition coefficient (Wildman–Crippen LogP) is 1.84. The highest BCUT2D eigenvalue weighted by Gasteiger charge is 2.33. The van der Waals surface area contributed by atoms with E-state index in [0.717, 1.165) is 17.5 Å². The average Bonchev–Trinajstić information content (AvgIpc) is 3.08. The molecule has 0 spiro atoms. The Morgan fingerprint density at radius 1 is 1.31 bits per heavy atom. The van der Waals surface area contributed by atoms with Gasteiger partial charge in [-0.05, 0) is 29.7 Å². The van der Waals surface area contributed by atoms with E-state index in [2.05, 4.69) is 19.5 Å². The van der Waals surface area contributed by atoms with Crippen LogP contribution in [0.4, 0.5) is 5.82 Å². The van der Waals surface area contributed by atoms with Crippen molar-refractivity contribution in [3.63, 3.8) is 0 Å². The number of aliphatic hydroxyl groups excluding tert-OH is 1. The first-order chi connectivity index (χ1) is 15.2. The summed E-state index contributed by atoms with van der Waals surface area (Å²) < 4.78 is 37.8. The smallest absolute Gasteiger partial charge is 0.333 e. The first-order valence-corrected chi connectivity index (χ1v) is 11.9. The summed E-state index contributed by atoms with van der Waals surface area (Å²) in [4.78, 5) is 8.32. The second-order valence-electron chi connectivity index (χ2n) is 7.51. The molecule has 10 nitrogen and oxygen atoms in total. The highest BCUT2D eigenvalue weighted by atomic mass is 35.5. The Kier molecular flexibility index (Phi) is 8.26. The third-order valence-electron chi connectivity index (χ3n) is 5.40. The third kappa shape index (κ3) is 6.50. The summed E-state index contributed by atoms with van der Waals surface area (Å²) >= 11 is 6.12. The van der Waals surface area contributed by atoms with Crippen LogP contribution in [0.2, 0.25) is 5.02 Å². The van der Waals surface area contributed by atoms with Gasteiger partial charge in [-0.25, -0.2) is 15.1 Å². The number of anilines is 1. The van der Waals surface area contributed by atoms with Gasteiger partial charge in [-0.1, -0.05) is 24.6 Å². The van der Waals surface area contributed by atoms with E-state index >= 15 is 0 Å². The Bertz CT molecular complexity index is 1020. The van der Waals surface area contributed by atoms with Crippen LogP contribution < -0.4 is 15.2 Å². The lowest BCUT2D eigenvalue weighted by atomic mass is 10.0. The molecule has 3 rings (SSSR count). The van der Waals surface area contributed by atoms with Gasteiger partial charge < -0.3 is 19.9 Å². The first-order valence-electron chi connectivity index (χ1n) is 10.1. The van der Waals surface area contributed by atoms with Crippen LogP contribution in [0.1, 0.15) is 30.5 Å². The molecular weight excluding hydrogens is 460 g/mol. The number of ether oxygens (including phenoxy) is 2. The predicted molar refractivity (Wildman–Crippen MR) is 119 cm³/mol. The van der Waals surface area contributed by atoms with Gasteiger partial charge in [0.05, 0.1) is 24.9 Å². The summed E-state index contributed by atoms with van der Waals surface area (Å²) in [6, 6.07) is 7.24. The summed E-state index contributed by atoms with van der Waals surface area (Å²) in [5.74, 6) is 0.313. The summed E-state index contributed by atoms with van der Waals surface area (Å²) in [6.07, 6.45) is 1.49. The molecule has 0 saturated carbocycles. The number of hydrogen-bond donors (Lipinski definition) is 3. The van der Waals surface area contributed by atoms with Crippen molar-refractivity contribution >= 4 is 27.7 Å². The molecule has 12 heteroatoms. The zero-order chi connectivity index (χ0) is 23.3. The van der Waals surface area contributed by atoms with Crippen LogP contribution in [-0.2, 0) is 25.6 Å². The molecule has 0 aliphatic heterocycles. The quantitative estimate of drug-likeness (QED) is 0.432. The molecule has 1 aromatic carbocycles. The molecule has 4 atom stereocenters. The van der Waals surface area contributed by atoms with E-state index in [1.54, 1.807) is 20.1 Å². The third-order valence-corrected chi connectivity index (χ3v) is 6.10. The Morgan fingerprint density at radius 3 is 2.78 bits per heavy atom. The van der Waals surface area contributed by atoms with Crippen LogP contribution in [0.3, 0.4) is 0 Å². The van der Waals surface area contributed by atoms with Gasteiger partial charge in [-0.2, -0.15) is 8.42 Å².